The van der Waals surface area contributed by atoms with Crippen LogP contribution in [-0.4, -0.2) is 19.3 Å². The lowest BCUT2D eigenvalue weighted by molar-refractivity contribution is 0.0976. The minimum Gasteiger partial charge on any atom is -0.266 e. The van der Waals surface area contributed by atoms with Crippen LogP contribution in [0.15, 0.2) is 53.6 Å². The number of carbonyl (C=O) groups excluding carboxylic acids is 1. The van der Waals surface area contributed by atoms with E-state index in [2.05, 4.69) is 4.98 Å². The fourth-order valence-corrected chi connectivity index (χ4v) is 2.79. The molecule has 6 heteroatoms. The Morgan fingerprint density at radius 2 is 1.79 bits per heavy atom. The van der Waals surface area contributed by atoms with Crippen molar-refractivity contribution >= 4 is 15.9 Å². The average molecular weight is 276 g/mol. The van der Waals surface area contributed by atoms with E-state index >= 15 is 0 Å². The molecule has 0 saturated heterocycles. The largest absolute Gasteiger partial charge is 0.283 e. The highest BCUT2D eigenvalue weighted by atomic mass is 32.2. The van der Waals surface area contributed by atoms with Gasteiger partial charge in [0.15, 0.2) is 0 Å². The van der Waals surface area contributed by atoms with Crippen LogP contribution < -0.4 is 4.72 Å². The summed E-state index contributed by atoms with van der Waals surface area (Å²) < 4.78 is 26.2. The van der Waals surface area contributed by atoms with Gasteiger partial charge < -0.3 is 0 Å². The third-order valence-corrected chi connectivity index (χ3v) is 4.00. The summed E-state index contributed by atoms with van der Waals surface area (Å²) in [5.74, 6) is -0.746. The van der Waals surface area contributed by atoms with Gasteiger partial charge in [-0.3, -0.25) is 9.78 Å². The lowest BCUT2D eigenvalue weighted by atomic mass is 10.2. The number of nitrogens with one attached hydrogen (secondary N) is 1. The molecule has 0 fully saturated rings. The Labute approximate surface area is 111 Å². The molecule has 98 valence electrons. The molecule has 0 bridgehead atoms. The molecule has 1 aromatic heterocycles. The highest BCUT2D eigenvalue weighted by Crippen LogP contribution is 2.14. The summed E-state index contributed by atoms with van der Waals surface area (Å²) in [6, 6.07) is 11.2. The molecule has 5 nitrogen and oxygen atoms in total. The number of aromatic nitrogens is 1. The zero-order valence-electron chi connectivity index (χ0n) is 10.2. The second-order valence-electron chi connectivity index (χ2n) is 3.92. The maximum atomic E-state index is 12.1. The number of benzene rings is 1. The van der Waals surface area contributed by atoms with Crippen LogP contribution in [0.2, 0.25) is 0 Å². The van der Waals surface area contributed by atoms with Crippen molar-refractivity contribution < 1.29 is 13.2 Å². The van der Waals surface area contributed by atoms with E-state index in [9.17, 15) is 13.2 Å². The highest BCUT2D eigenvalue weighted by Gasteiger charge is 2.20. The van der Waals surface area contributed by atoms with Gasteiger partial charge in [-0.1, -0.05) is 24.3 Å². The van der Waals surface area contributed by atoms with Gasteiger partial charge in [0.2, 0.25) is 0 Å². The topological polar surface area (TPSA) is 76.1 Å². The van der Waals surface area contributed by atoms with E-state index < -0.39 is 15.9 Å². The second-order valence-corrected chi connectivity index (χ2v) is 5.57. The molecule has 0 atom stereocenters. The van der Waals surface area contributed by atoms with Crippen LogP contribution in [0.4, 0.5) is 0 Å². The van der Waals surface area contributed by atoms with Crippen LogP contribution >= 0.6 is 0 Å². The van der Waals surface area contributed by atoms with Gasteiger partial charge in [0.1, 0.15) is 5.69 Å². The van der Waals surface area contributed by atoms with Gasteiger partial charge in [-0.05, 0) is 30.7 Å². The Hall–Kier alpha value is -2.21. The zero-order chi connectivity index (χ0) is 13.9. The minimum absolute atomic E-state index is 0.0552. The Morgan fingerprint density at radius 3 is 2.42 bits per heavy atom. The maximum absolute atomic E-state index is 12.1. The number of hydrogen-bond acceptors (Lipinski definition) is 4. The quantitative estimate of drug-likeness (QED) is 0.922. The predicted molar refractivity (Wildman–Crippen MR) is 70.1 cm³/mol. The first-order valence-electron chi connectivity index (χ1n) is 5.54. The van der Waals surface area contributed by atoms with E-state index in [0.717, 1.165) is 0 Å². The van der Waals surface area contributed by atoms with Crippen LogP contribution in [0.1, 0.15) is 16.1 Å². The first kappa shape index (κ1) is 13.2. The van der Waals surface area contributed by atoms with Crippen molar-refractivity contribution in [3.05, 3.63) is 59.9 Å². The third kappa shape index (κ3) is 2.97. The molecular formula is C13H12N2O3S. The van der Waals surface area contributed by atoms with E-state index in [4.69, 9.17) is 0 Å². The Balaban J connectivity index is 2.29. The summed E-state index contributed by atoms with van der Waals surface area (Å²) in [4.78, 5) is 15.7. The molecular weight excluding hydrogens is 264 g/mol. The predicted octanol–water partition coefficient (Wildman–Crippen LogP) is 1.51. The molecule has 1 aromatic carbocycles. The number of amides is 1. The monoisotopic (exact) mass is 276 g/mol. The van der Waals surface area contributed by atoms with Crippen molar-refractivity contribution in [1.82, 2.24) is 9.71 Å². The number of carbonyl (C=O) groups is 1. The molecule has 2 rings (SSSR count). The van der Waals surface area contributed by atoms with Gasteiger partial charge in [-0.2, -0.15) is 0 Å². The van der Waals surface area contributed by atoms with Gasteiger partial charge in [0.25, 0.3) is 15.9 Å². The first-order chi connectivity index (χ1) is 9.00. The summed E-state index contributed by atoms with van der Waals surface area (Å²) in [5, 5.41) is 0. The van der Waals surface area contributed by atoms with Crippen LogP contribution in [0, 0.1) is 6.92 Å². The van der Waals surface area contributed by atoms with Gasteiger partial charge in [-0.15, -0.1) is 0 Å². The Morgan fingerprint density at radius 1 is 1.11 bits per heavy atom. The van der Waals surface area contributed by atoms with E-state index in [0.29, 0.717) is 5.56 Å². The van der Waals surface area contributed by atoms with Crippen LogP contribution in [0.25, 0.3) is 0 Å². The lowest BCUT2D eigenvalue weighted by Crippen LogP contribution is -2.31. The molecule has 0 aliphatic carbocycles. The lowest BCUT2D eigenvalue weighted by Gasteiger charge is -2.08. The van der Waals surface area contributed by atoms with Crippen molar-refractivity contribution in [3.63, 3.8) is 0 Å². The van der Waals surface area contributed by atoms with Crippen LogP contribution in [0.3, 0.4) is 0 Å². The smallest absolute Gasteiger partial charge is 0.266 e. The van der Waals surface area contributed by atoms with Gasteiger partial charge in [0, 0.05) is 6.20 Å². The van der Waals surface area contributed by atoms with Crippen molar-refractivity contribution in [1.29, 1.82) is 0 Å². The molecule has 1 heterocycles. The first-order valence-corrected chi connectivity index (χ1v) is 7.03. The summed E-state index contributed by atoms with van der Waals surface area (Å²) in [6.45, 7) is 1.67. The van der Waals surface area contributed by atoms with E-state index in [-0.39, 0.29) is 10.6 Å². The van der Waals surface area contributed by atoms with Crippen LogP contribution in [-0.2, 0) is 10.0 Å². The molecule has 1 amide bonds. The van der Waals surface area contributed by atoms with E-state index in [1.165, 1.54) is 18.3 Å². The molecule has 0 aliphatic heterocycles. The average Bonchev–Trinajstić information content (AvgIpc) is 2.39. The normalized spacial score (nSPS) is 11.0. The Bertz CT molecular complexity index is 697. The summed E-state index contributed by atoms with van der Waals surface area (Å²) in [6.07, 6.45) is 1.43. The van der Waals surface area contributed by atoms with Crippen molar-refractivity contribution in [2.45, 2.75) is 11.8 Å². The second kappa shape index (κ2) is 5.19. The van der Waals surface area contributed by atoms with Crippen molar-refractivity contribution in [2.24, 2.45) is 0 Å². The zero-order valence-corrected chi connectivity index (χ0v) is 11.0. The molecule has 0 spiro atoms. The fraction of sp³-hybridized carbons (Fsp3) is 0.0769. The standard InChI is InChI=1S/C13H12N2O3S/c1-10-6-2-3-8-12(10)19(17,18)15-13(16)11-7-4-5-9-14-11/h2-9H,1H3,(H,15,16). The van der Waals surface area contributed by atoms with E-state index in [1.54, 1.807) is 37.3 Å². The van der Waals surface area contributed by atoms with Gasteiger partial charge in [-0.25, -0.2) is 13.1 Å². The fourth-order valence-electron chi connectivity index (χ4n) is 1.58. The van der Waals surface area contributed by atoms with Gasteiger partial charge in [0.05, 0.1) is 4.90 Å². The van der Waals surface area contributed by atoms with Crippen molar-refractivity contribution in [2.75, 3.05) is 0 Å². The molecule has 19 heavy (non-hydrogen) atoms. The number of sulfonamides is 1. The number of rotatable bonds is 3. The maximum Gasteiger partial charge on any atom is 0.283 e. The number of nitrogens with zero attached hydrogens (tertiary/aromatic N) is 1. The number of hydrogen-bond donors (Lipinski definition) is 1. The van der Waals surface area contributed by atoms with Crippen molar-refractivity contribution in [3.8, 4) is 0 Å². The van der Waals surface area contributed by atoms with E-state index in [1.807, 2.05) is 4.72 Å². The number of pyridine rings is 1. The summed E-state index contributed by atoms with van der Waals surface area (Å²) >= 11 is 0. The number of aryl methyl sites for hydroxylation is 1. The third-order valence-electron chi connectivity index (χ3n) is 2.51. The molecule has 0 saturated carbocycles. The SMILES string of the molecule is Cc1ccccc1S(=O)(=O)NC(=O)c1ccccn1. The molecule has 1 N–H and O–H groups in total. The Kier molecular flexibility index (Phi) is 3.62. The molecule has 0 unspecified atom stereocenters. The highest BCUT2D eigenvalue weighted by molar-refractivity contribution is 7.90. The van der Waals surface area contributed by atoms with Crippen LogP contribution in [0.5, 0.6) is 0 Å². The molecule has 0 radical (unpaired) electrons. The van der Waals surface area contributed by atoms with Gasteiger partial charge >= 0.3 is 0 Å². The minimum atomic E-state index is -3.88. The molecule has 2 aromatic rings. The summed E-state index contributed by atoms with van der Waals surface area (Å²) in [7, 11) is -3.88. The molecule has 0 aliphatic rings. The summed E-state index contributed by atoms with van der Waals surface area (Å²) in [5.41, 5.74) is 0.628.